The zero-order valence-corrected chi connectivity index (χ0v) is 12.3. The van der Waals surface area contributed by atoms with Crippen LogP contribution in [-0.2, 0) is 0 Å². The Morgan fingerprint density at radius 2 is 1.37 bits per heavy atom. The molecule has 0 amide bonds. The number of aliphatic imine (C=N–C) groups is 2. The molecule has 2 nitrogen and oxygen atoms in total. The van der Waals surface area contributed by atoms with E-state index in [1.165, 1.54) is 22.3 Å². The maximum absolute atomic E-state index is 3.96. The van der Waals surface area contributed by atoms with E-state index in [0.29, 0.717) is 0 Å². The summed E-state index contributed by atoms with van der Waals surface area (Å²) in [6.45, 7) is 15.2. The summed E-state index contributed by atoms with van der Waals surface area (Å²) in [5.41, 5.74) is 5.98. The van der Waals surface area contributed by atoms with E-state index in [0.717, 1.165) is 5.69 Å². The zero-order valence-electron chi connectivity index (χ0n) is 12.3. The summed E-state index contributed by atoms with van der Waals surface area (Å²) in [6, 6.07) is 6.37. The van der Waals surface area contributed by atoms with Crippen molar-refractivity contribution in [3.05, 3.63) is 52.6 Å². The van der Waals surface area contributed by atoms with Crippen LogP contribution in [0.15, 0.2) is 51.5 Å². The lowest BCUT2D eigenvalue weighted by Gasteiger charge is -2.05. The zero-order chi connectivity index (χ0) is 14.4. The van der Waals surface area contributed by atoms with Crippen molar-refractivity contribution < 1.29 is 0 Å². The van der Waals surface area contributed by atoms with E-state index in [1.54, 1.807) is 0 Å². The highest BCUT2D eigenvalue weighted by atomic mass is 14.8. The van der Waals surface area contributed by atoms with Crippen LogP contribution in [0.4, 0.5) is 5.69 Å². The van der Waals surface area contributed by atoms with Gasteiger partial charge >= 0.3 is 0 Å². The van der Waals surface area contributed by atoms with Gasteiger partial charge < -0.3 is 0 Å². The lowest BCUT2D eigenvalue weighted by atomic mass is 10.1. The molecule has 0 aliphatic heterocycles. The number of aryl methyl sites for hydroxylation is 2. The van der Waals surface area contributed by atoms with Gasteiger partial charge in [-0.05, 0) is 63.4 Å². The second-order valence-corrected chi connectivity index (χ2v) is 4.81. The number of benzene rings is 1. The highest BCUT2D eigenvalue weighted by Crippen LogP contribution is 2.21. The molecule has 100 valence electrons. The van der Waals surface area contributed by atoms with Gasteiger partial charge in [0.15, 0.2) is 0 Å². The molecule has 1 aromatic carbocycles. The second kappa shape index (κ2) is 6.83. The van der Waals surface area contributed by atoms with Crippen LogP contribution < -0.4 is 0 Å². The molecule has 0 aromatic heterocycles. The Bertz CT molecular complexity index is 498. The first-order chi connectivity index (χ1) is 9.01. The number of para-hydroxylation sites is 1. The summed E-state index contributed by atoms with van der Waals surface area (Å²) in [5, 5.41) is 0. The molecule has 0 saturated heterocycles. The van der Waals surface area contributed by atoms with Gasteiger partial charge in [0.25, 0.3) is 0 Å². The lowest BCUT2D eigenvalue weighted by Crippen LogP contribution is -2.02. The van der Waals surface area contributed by atoms with Crippen molar-refractivity contribution in [2.45, 2.75) is 33.7 Å². The van der Waals surface area contributed by atoms with E-state index in [2.05, 4.69) is 49.4 Å². The fraction of sp³-hybridized carbons (Fsp3) is 0.294. The molecule has 0 saturated carbocycles. The molecule has 0 fully saturated rings. The van der Waals surface area contributed by atoms with Gasteiger partial charge in [0.1, 0.15) is 0 Å². The standard InChI is InChI=1S/C9H11N.C8H11N/c1-7-5-4-6-8(2)9(7)10-3;1-6-4-5-7(2)8(6)9-3/h4-6H,3H2,1-2H3;4-5,8H,3H2,1-2H3. The molecule has 1 aliphatic rings. The molecule has 1 aliphatic carbocycles. The molecule has 0 radical (unpaired) electrons. The molecule has 0 spiro atoms. The minimum absolute atomic E-state index is 0.269. The van der Waals surface area contributed by atoms with Crippen molar-refractivity contribution >= 4 is 19.1 Å². The van der Waals surface area contributed by atoms with Crippen molar-refractivity contribution in [1.82, 2.24) is 0 Å². The first kappa shape index (κ1) is 15.1. The summed E-state index contributed by atoms with van der Waals surface area (Å²) in [5.74, 6) is 0. The molecule has 0 bridgehead atoms. The van der Waals surface area contributed by atoms with E-state index >= 15 is 0 Å². The van der Waals surface area contributed by atoms with Crippen LogP contribution in [0.1, 0.15) is 25.0 Å². The smallest absolute Gasteiger partial charge is 0.0913 e. The minimum Gasteiger partial charge on any atom is -0.289 e. The minimum atomic E-state index is 0.269. The van der Waals surface area contributed by atoms with Gasteiger partial charge in [0.2, 0.25) is 0 Å². The van der Waals surface area contributed by atoms with Gasteiger partial charge in [-0.2, -0.15) is 0 Å². The molecule has 1 aromatic rings. The second-order valence-electron chi connectivity index (χ2n) is 4.81. The third-order valence-electron chi connectivity index (χ3n) is 3.25. The van der Waals surface area contributed by atoms with Crippen LogP contribution in [0.2, 0.25) is 0 Å². The van der Waals surface area contributed by atoms with Gasteiger partial charge in [0.05, 0.1) is 11.7 Å². The van der Waals surface area contributed by atoms with Crippen LogP contribution >= 0.6 is 0 Å². The Balaban J connectivity index is 0.000000191. The number of allylic oxidation sites excluding steroid dienone is 2. The van der Waals surface area contributed by atoms with Crippen LogP contribution in [0, 0.1) is 13.8 Å². The highest BCUT2D eigenvalue weighted by Gasteiger charge is 2.12. The maximum Gasteiger partial charge on any atom is 0.0913 e. The predicted octanol–water partition coefficient (Wildman–Crippen LogP) is 4.60. The topological polar surface area (TPSA) is 24.7 Å². The molecular weight excluding hydrogens is 232 g/mol. The first-order valence-electron chi connectivity index (χ1n) is 6.35. The summed E-state index contributed by atoms with van der Waals surface area (Å²) < 4.78 is 0. The molecule has 19 heavy (non-hydrogen) atoms. The summed E-state index contributed by atoms with van der Waals surface area (Å²) in [4.78, 5) is 7.88. The van der Waals surface area contributed by atoms with Crippen molar-refractivity contribution in [2.24, 2.45) is 9.98 Å². The molecule has 2 heteroatoms. The van der Waals surface area contributed by atoms with Gasteiger partial charge in [-0.25, -0.2) is 0 Å². The third kappa shape index (κ3) is 3.75. The Morgan fingerprint density at radius 1 is 0.895 bits per heavy atom. The quantitative estimate of drug-likeness (QED) is 0.689. The maximum atomic E-state index is 3.96. The van der Waals surface area contributed by atoms with E-state index in [9.17, 15) is 0 Å². The number of hydrogen-bond donors (Lipinski definition) is 0. The Labute approximate surface area is 116 Å². The number of rotatable bonds is 2. The average molecular weight is 254 g/mol. The molecule has 0 atom stereocenters. The fourth-order valence-corrected chi connectivity index (χ4v) is 2.15. The van der Waals surface area contributed by atoms with Crippen LogP contribution in [0.3, 0.4) is 0 Å². The molecular formula is C17H22N2. The summed E-state index contributed by atoms with van der Waals surface area (Å²) >= 11 is 0. The van der Waals surface area contributed by atoms with Gasteiger partial charge in [-0.3, -0.25) is 9.98 Å². The average Bonchev–Trinajstić information content (AvgIpc) is 2.69. The molecule has 2 rings (SSSR count). The van der Waals surface area contributed by atoms with Gasteiger partial charge in [-0.15, -0.1) is 0 Å². The van der Waals surface area contributed by atoms with E-state index in [4.69, 9.17) is 0 Å². The number of hydrogen-bond acceptors (Lipinski definition) is 2. The highest BCUT2D eigenvalue weighted by molar-refractivity contribution is 5.55. The van der Waals surface area contributed by atoms with E-state index in [-0.39, 0.29) is 6.04 Å². The van der Waals surface area contributed by atoms with E-state index in [1.807, 2.05) is 32.0 Å². The van der Waals surface area contributed by atoms with Crippen molar-refractivity contribution in [3.8, 4) is 0 Å². The van der Waals surface area contributed by atoms with Gasteiger partial charge in [-0.1, -0.05) is 30.4 Å². The SMILES string of the molecule is C=NC1C(C)=CC=C1C.C=Nc1c(C)cccc1C. The van der Waals surface area contributed by atoms with Crippen molar-refractivity contribution in [3.63, 3.8) is 0 Å². The molecule has 0 unspecified atom stereocenters. The molecule has 0 N–H and O–H groups in total. The van der Waals surface area contributed by atoms with Crippen molar-refractivity contribution in [1.29, 1.82) is 0 Å². The van der Waals surface area contributed by atoms with Crippen LogP contribution in [0.5, 0.6) is 0 Å². The van der Waals surface area contributed by atoms with Crippen LogP contribution in [0.25, 0.3) is 0 Å². The predicted molar refractivity (Wildman–Crippen MR) is 86.0 cm³/mol. The van der Waals surface area contributed by atoms with Gasteiger partial charge in [0, 0.05) is 0 Å². The van der Waals surface area contributed by atoms with E-state index < -0.39 is 0 Å². The molecule has 0 heterocycles. The lowest BCUT2D eigenvalue weighted by molar-refractivity contribution is 0.918. The third-order valence-corrected chi connectivity index (χ3v) is 3.25. The Hall–Kier alpha value is -1.96. The Morgan fingerprint density at radius 3 is 1.63 bits per heavy atom. The summed E-state index contributed by atoms with van der Waals surface area (Å²) in [7, 11) is 0. The normalized spacial score (nSPS) is 14.1. The van der Waals surface area contributed by atoms with Crippen LogP contribution in [-0.4, -0.2) is 19.5 Å². The fourth-order valence-electron chi connectivity index (χ4n) is 2.15. The largest absolute Gasteiger partial charge is 0.289 e. The number of nitrogens with zero attached hydrogens (tertiary/aromatic N) is 2. The monoisotopic (exact) mass is 254 g/mol. The van der Waals surface area contributed by atoms with Crippen molar-refractivity contribution in [2.75, 3.05) is 0 Å². The Kier molecular flexibility index (Phi) is 5.43. The first-order valence-corrected chi connectivity index (χ1v) is 6.35. The summed E-state index contributed by atoms with van der Waals surface area (Å²) in [6.07, 6.45) is 4.18.